The van der Waals surface area contributed by atoms with Crippen molar-refractivity contribution in [2.24, 2.45) is 0 Å². The lowest BCUT2D eigenvalue weighted by atomic mass is 10.1. The quantitative estimate of drug-likeness (QED) is 0.471. The van der Waals surface area contributed by atoms with E-state index < -0.39 is 18.4 Å². The van der Waals surface area contributed by atoms with Gasteiger partial charge in [-0.3, -0.25) is 4.74 Å². The Labute approximate surface area is 150 Å². The van der Waals surface area contributed by atoms with Crippen LogP contribution in [0.15, 0.2) is 54.6 Å². The molecule has 6 heteroatoms. The number of rotatable bonds is 6. The number of hydrogen-bond donors (Lipinski definition) is 0. The average Bonchev–Trinajstić information content (AvgIpc) is 2.59. The van der Waals surface area contributed by atoms with Crippen LogP contribution in [0.1, 0.15) is 47.9 Å². The maximum absolute atomic E-state index is 12.2. The Bertz CT molecular complexity index is 747. The van der Waals surface area contributed by atoms with E-state index in [0.29, 0.717) is 11.1 Å². The van der Waals surface area contributed by atoms with Gasteiger partial charge >= 0.3 is 12.3 Å². The molecule has 0 fully saturated rings. The van der Waals surface area contributed by atoms with Crippen molar-refractivity contribution in [2.75, 3.05) is 0 Å². The zero-order chi connectivity index (χ0) is 19.2. The van der Waals surface area contributed by atoms with Crippen LogP contribution >= 0.6 is 0 Å². The summed E-state index contributed by atoms with van der Waals surface area (Å²) in [6.45, 7) is 3.33. The Morgan fingerprint density at radius 3 is 2.23 bits per heavy atom. The summed E-state index contributed by atoms with van der Waals surface area (Å²) in [5.74, 6) is -0.295. The van der Waals surface area contributed by atoms with Crippen molar-refractivity contribution in [3.05, 3.63) is 71.3 Å². The molecule has 0 bridgehead atoms. The lowest BCUT2D eigenvalue weighted by Gasteiger charge is -2.15. The number of ether oxygens (including phenoxy) is 2. The van der Waals surface area contributed by atoms with Gasteiger partial charge in [-0.2, -0.15) is 0 Å². The van der Waals surface area contributed by atoms with Gasteiger partial charge in [0.2, 0.25) is 0 Å². The van der Waals surface area contributed by atoms with Crippen molar-refractivity contribution >= 4 is 12.0 Å². The summed E-state index contributed by atoms with van der Waals surface area (Å²) in [6.07, 6.45) is -0.963. The summed E-state index contributed by atoms with van der Waals surface area (Å²) in [5.41, 5.74) is 1.69. The second-order valence-electron chi connectivity index (χ2n) is 5.60. The van der Waals surface area contributed by atoms with Crippen molar-refractivity contribution < 1.29 is 27.4 Å². The van der Waals surface area contributed by atoms with E-state index in [1.165, 1.54) is 31.2 Å². The number of esters is 1. The third kappa shape index (κ3) is 6.04. The summed E-state index contributed by atoms with van der Waals surface area (Å²) < 4.78 is 45.9. The van der Waals surface area contributed by atoms with Crippen LogP contribution < -0.4 is 4.74 Å². The highest BCUT2D eigenvalue weighted by molar-refractivity contribution is 5.91. The van der Waals surface area contributed by atoms with Crippen LogP contribution in [-0.2, 0) is 4.74 Å². The molecule has 0 spiro atoms. The molecule has 1 unspecified atom stereocenters. The lowest BCUT2D eigenvalue weighted by Crippen LogP contribution is -2.16. The minimum atomic E-state index is -4.71. The normalized spacial score (nSPS) is 13.0. The number of alkyl halides is 3. The molecule has 0 aliphatic rings. The van der Waals surface area contributed by atoms with E-state index in [1.54, 1.807) is 12.1 Å². The monoisotopic (exact) mass is 364 g/mol. The molecule has 0 amide bonds. The van der Waals surface area contributed by atoms with Gasteiger partial charge in [-0.25, -0.2) is 4.79 Å². The van der Waals surface area contributed by atoms with Crippen LogP contribution in [0.2, 0.25) is 0 Å². The standard InChI is InChI=1S/C20H19F3O3/c1-3-4-5-15-6-8-17(9-7-15)19(24)25-18-12-10-16(11-13-18)14(2)26-20(21,22)23/h4-14H,3H2,1-2H3/b5-4+. The Hall–Kier alpha value is -2.60. The second kappa shape index (κ2) is 8.67. The first-order valence-corrected chi connectivity index (χ1v) is 8.12. The van der Waals surface area contributed by atoms with Crippen molar-refractivity contribution in [3.8, 4) is 5.75 Å². The Morgan fingerprint density at radius 2 is 1.69 bits per heavy atom. The van der Waals surface area contributed by atoms with E-state index in [0.717, 1.165) is 12.0 Å². The van der Waals surface area contributed by atoms with Crippen LogP contribution in [0, 0.1) is 0 Å². The summed E-state index contributed by atoms with van der Waals surface area (Å²) in [5, 5.41) is 0. The van der Waals surface area contributed by atoms with Gasteiger partial charge in [0.1, 0.15) is 5.75 Å². The maximum atomic E-state index is 12.2. The smallest absolute Gasteiger partial charge is 0.423 e. The Morgan fingerprint density at radius 1 is 1.08 bits per heavy atom. The number of allylic oxidation sites excluding steroid dienone is 1. The fourth-order valence-corrected chi connectivity index (χ4v) is 2.23. The zero-order valence-corrected chi connectivity index (χ0v) is 14.4. The molecule has 2 aromatic carbocycles. The van der Waals surface area contributed by atoms with E-state index in [4.69, 9.17) is 4.74 Å². The van der Waals surface area contributed by atoms with E-state index in [9.17, 15) is 18.0 Å². The van der Waals surface area contributed by atoms with Gasteiger partial charge in [-0.15, -0.1) is 13.2 Å². The van der Waals surface area contributed by atoms with Gasteiger partial charge in [0.25, 0.3) is 0 Å². The van der Waals surface area contributed by atoms with E-state index in [-0.39, 0.29) is 5.75 Å². The lowest BCUT2D eigenvalue weighted by molar-refractivity contribution is -0.342. The second-order valence-corrected chi connectivity index (χ2v) is 5.60. The van der Waals surface area contributed by atoms with Crippen LogP contribution in [-0.4, -0.2) is 12.3 Å². The fraction of sp³-hybridized carbons (Fsp3) is 0.250. The van der Waals surface area contributed by atoms with E-state index in [1.807, 2.05) is 31.2 Å². The molecule has 2 aromatic rings. The fourth-order valence-electron chi connectivity index (χ4n) is 2.23. The molecule has 1 atom stereocenters. The van der Waals surface area contributed by atoms with Gasteiger partial charge < -0.3 is 4.74 Å². The molecule has 0 aliphatic carbocycles. The minimum absolute atomic E-state index is 0.243. The number of benzene rings is 2. The van der Waals surface area contributed by atoms with Gasteiger partial charge in [0, 0.05) is 0 Å². The van der Waals surface area contributed by atoms with Gasteiger partial charge in [-0.05, 0) is 48.7 Å². The first-order valence-electron chi connectivity index (χ1n) is 8.12. The van der Waals surface area contributed by atoms with Crippen LogP contribution in [0.25, 0.3) is 6.08 Å². The maximum Gasteiger partial charge on any atom is 0.523 e. The highest BCUT2D eigenvalue weighted by atomic mass is 19.4. The van der Waals surface area contributed by atoms with Gasteiger partial charge in [0.15, 0.2) is 0 Å². The van der Waals surface area contributed by atoms with Crippen molar-refractivity contribution in [2.45, 2.75) is 32.7 Å². The van der Waals surface area contributed by atoms with E-state index >= 15 is 0 Å². The summed E-state index contributed by atoms with van der Waals surface area (Å²) in [7, 11) is 0. The summed E-state index contributed by atoms with van der Waals surface area (Å²) in [4.78, 5) is 12.1. The first-order chi connectivity index (χ1) is 12.3. The zero-order valence-electron chi connectivity index (χ0n) is 14.4. The largest absolute Gasteiger partial charge is 0.523 e. The van der Waals surface area contributed by atoms with Crippen molar-refractivity contribution in [1.29, 1.82) is 0 Å². The van der Waals surface area contributed by atoms with Crippen LogP contribution in [0.4, 0.5) is 13.2 Å². The molecule has 3 nitrogen and oxygen atoms in total. The topological polar surface area (TPSA) is 35.5 Å². The molecule has 0 saturated carbocycles. The molecule has 0 aliphatic heterocycles. The summed E-state index contributed by atoms with van der Waals surface area (Å²) in [6, 6.07) is 12.7. The first kappa shape index (κ1) is 19.7. The van der Waals surface area contributed by atoms with Gasteiger partial charge in [-0.1, -0.05) is 43.3 Å². The predicted molar refractivity (Wildman–Crippen MR) is 92.7 cm³/mol. The number of carbonyl (C=O) groups excluding carboxylic acids is 1. The molecule has 138 valence electrons. The molecule has 0 heterocycles. The number of halogens is 3. The Balaban J connectivity index is 2.00. The molecule has 0 N–H and O–H groups in total. The third-order valence-corrected chi connectivity index (χ3v) is 3.56. The molecule has 2 rings (SSSR count). The van der Waals surface area contributed by atoms with Crippen molar-refractivity contribution in [3.63, 3.8) is 0 Å². The molecular formula is C20H19F3O3. The third-order valence-electron chi connectivity index (χ3n) is 3.56. The number of carbonyl (C=O) groups is 1. The van der Waals surface area contributed by atoms with Crippen LogP contribution in [0.5, 0.6) is 5.75 Å². The highest BCUT2D eigenvalue weighted by Crippen LogP contribution is 2.28. The minimum Gasteiger partial charge on any atom is -0.423 e. The molecule has 0 radical (unpaired) electrons. The molecule has 26 heavy (non-hydrogen) atoms. The SMILES string of the molecule is CC/C=C/c1ccc(C(=O)Oc2ccc(C(C)OC(F)(F)F)cc2)cc1. The number of hydrogen-bond acceptors (Lipinski definition) is 3. The van der Waals surface area contributed by atoms with Crippen molar-refractivity contribution in [1.82, 2.24) is 0 Å². The molecular weight excluding hydrogens is 345 g/mol. The Kier molecular flexibility index (Phi) is 6.58. The van der Waals surface area contributed by atoms with Crippen LogP contribution in [0.3, 0.4) is 0 Å². The summed E-state index contributed by atoms with van der Waals surface area (Å²) >= 11 is 0. The van der Waals surface area contributed by atoms with Gasteiger partial charge in [0.05, 0.1) is 11.7 Å². The highest BCUT2D eigenvalue weighted by Gasteiger charge is 2.32. The molecule has 0 aromatic heterocycles. The average molecular weight is 364 g/mol. The molecule has 0 saturated heterocycles. The predicted octanol–water partition coefficient (Wildman–Crippen LogP) is 5.93. The van der Waals surface area contributed by atoms with E-state index in [2.05, 4.69) is 4.74 Å².